The number of carbonyl (C=O) groups is 1. The van der Waals surface area contributed by atoms with Crippen molar-refractivity contribution in [1.82, 2.24) is 5.16 Å². The van der Waals surface area contributed by atoms with Crippen LogP contribution in [-0.4, -0.2) is 16.2 Å². The van der Waals surface area contributed by atoms with Gasteiger partial charge in [-0.05, 0) is 28.8 Å². The van der Waals surface area contributed by atoms with Crippen LogP contribution in [0.2, 0.25) is 0 Å². The van der Waals surface area contributed by atoms with Crippen LogP contribution in [0.15, 0.2) is 38.8 Å². The molecule has 1 aliphatic rings. The molecule has 3 rings (SSSR count). The topological polar surface area (TPSA) is 118 Å². The maximum atomic E-state index is 11.7. The van der Waals surface area contributed by atoms with Crippen molar-refractivity contribution >= 4 is 28.9 Å². The largest absolute Gasteiger partial charge is 0.484 e. The Morgan fingerprint density at radius 1 is 1.48 bits per heavy atom. The molecule has 2 N–H and O–H groups in total. The molecule has 0 spiro atoms. The van der Waals surface area contributed by atoms with E-state index in [4.69, 9.17) is 10.5 Å². The zero-order valence-electron chi connectivity index (χ0n) is 12.1. The van der Waals surface area contributed by atoms with Gasteiger partial charge in [0.2, 0.25) is 11.4 Å². The molecule has 0 radical (unpaired) electrons. The molecule has 2 heterocycles. The molecule has 1 aromatic carbocycles. The number of nitrogens with two attached hydrogens (primary N) is 1. The molecule has 23 heavy (non-hydrogen) atoms. The van der Waals surface area contributed by atoms with Crippen molar-refractivity contribution in [3.05, 3.63) is 51.3 Å². The summed E-state index contributed by atoms with van der Waals surface area (Å²) in [5, 5.41) is 15.2. The highest BCUT2D eigenvalue weighted by Crippen LogP contribution is 2.29. The van der Waals surface area contributed by atoms with Crippen molar-refractivity contribution in [2.24, 2.45) is 10.7 Å². The second kappa shape index (κ2) is 6.13. The number of ether oxygens (including phenoxy) is 1. The molecular formula is C14H12N4O4S. The smallest absolute Gasteiger partial charge is 0.286 e. The number of hydrogen-bond acceptors (Lipinski definition) is 7. The average Bonchev–Trinajstić information content (AvgIpc) is 3.00. The lowest BCUT2D eigenvalue weighted by molar-refractivity contribution is -0.808. The van der Waals surface area contributed by atoms with Crippen molar-refractivity contribution in [3.63, 3.8) is 0 Å². The minimum absolute atomic E-state index is 0.00124. The number of aromatic nitrogens is 2. The van der Waals surface area contributed by atoms with Gasteiger partial charge in [0, 0.05) is 17.6 Å². The fraction of sp³-hybridized carbons (Fsp3) is 0.143. The molecule has 0 saturated heterocycles. The van der Waals surface area contributed by atoms with Crippen LogP contribution in [0.1, 0.15) is 17.0 Å². The molecule has 118 valence electrons. The Hall–Kier alpha value is -2.81. The first kappa shape index (κ1) is 15.1. The van der Waals surface area contributed by atoms with E-state index in [9.17, 15) is 10.0 Å². The first-order valence-corrected chi connectivity index (χ1v) is 7.41. The number of benzene rings is 1. The third-order valence-corrected chi connectivity index (χ3v) is 3.91. The third kappa shape index (κ3) is 3.19. The Labute approximate surface area is 135 Å². The normalized spacial score (nSPS) is 16.0. The van der Waals surface area contributed by atoms with Gasteiger partial charge in [0.05, 0.1) is 4.91 Å². The van der Waals surface area contributed by atoms with E-state index in [-0.39, 0.29) is 23.4 Å². The second-order valence-electron chi connectivity index (χ2n) is 4.65. The number of amidine groups is 1. The van der Waals surface area contributed by atoms with Gasteiger partial charge in [-0.3, -0.25) is 9.42 Å². The minimum Gasteiger partial charge on any atom is -0.484 e. The lowest BCUT2D eigenvalue weighted by Crippen LogP contribution is -2.29. The molecule has 1 aromatic heterocycles. The summed E-state index contributed by atoms with van der Waals surface area (Å²) in [6, 6.07) is 7.12. The summed E-state index contributed by atoms with van der Waals surface area (Å²) in [5.74, 6) is 0.133. The van der Waals surface area contributed by atoms with Gasteiger partial charge in [0.15, 0.2) is 11.8 Å². The predicted octanol–water partition coefficient (Wildman–Crippen LogP) is 1.12. The van der Waals surface area contributed by atoms with Crippen LogP contribution in [-0.2, 0) is 11.4 Å². The Bertz CT molecular complexity index is 808. The number of aliphatic imine (C=N–C) groups is 1. The number of rotatable bonds is 4. The molecule has 9 heteroatoms. The molecule has 0 saturated carbocycles. The van der Waals surface area contributed by atoms with Crippen molar-refractivity contribution in [2.45, 2.75) is 13.5 Å². The van der Waals surface area contributed by atoms with Crippen molar-refractivity contribution in [2.75, 3.05) is 0 Å². The summed E-state index contributed by atoms with van der Waals surface area (Å²) < 4.78 is 10.2. The number of amides is 1. The van der Waals surface area contributed by atoms with E-state index in [1.54, 1.807) is 31.2 Å². The van der Waals surface area contributed by atoms with Gasteiger partial charge in [-0.1, -0.05) is 18.2 Å². The number of nitrogens with zero attached hydrogens (tertiary/aromatic N) is 3. The number of hydrogen-bond donors (Lipinski definition) is 1. The Kier molecular flexibility index (Phi) is 4.02. The van der Waals surface area contributed by atoms with Crippen molar-refractivity contribution in [1.29, 1.82) is 0 Å². The zero-order chi connectivity index (χ0) is 16.4. The van der Waals surface area contributed by atoms with E-state index in [0.717, 1.165) is 11.8 Å². The van der Waals surface area contributed by atoms with E-state index in [1.807, 2.05) is 6.07 Å². The van der Waals surface area contributed by atoms with Gasteiger partial charge < -0.3 is 15.7 Å². The summed E-state index contributed by atoms with van der Waals surface area (Å²) in [5.41, 5.74) is 6.95. The summed E-state index contributed by atoms with van der Waals surface area (Å²) in [6.45, 7) is 1.65. The fourth-order valence-corrected chi connectivity index (χ4v) is 2.61. The van der Waals surface area contributed by atoms with Crippen LogP contribution in [0.4, 0.5) is 0 Å². The van der Waals surface area contributed by atoms with Crippen LogP contribution in [0, 0.1) is 12.1 Å². The third-order valence-electron chi connectivity index (χ3n) is 3.10. The van der Waals surface area contributed by atoms with E-state index < -0.39 is 0 Å². The fourth-order valence-electron chi connectivity index (χ4n) is 1.93. The summed E-state index contributed by atoms with van der Waals surface area (Å²) >= 11 is 1.10. The highest BCUT2D eigenvalue weighted by Gasteiger charge is 2.20. The van der Waals surface area contributed by atoms with Gasteiger partial charge in [-0.25, -0.2) is 0 Å². The van der Waals surface area contributed by atoms with Crippen LogP contribution in [0.5, 0.6) is 5.75 Å². The van der Waals surface area contributed by atoms with E-state index in [1.165, 1.54) is 0 Å². The SMILES string of the molecule is Cc1no[n+]([O-])c1COc1ccccc1/C=C1/SC(N)=NC1=O. The van der Waals surface area contributed by atoms with E-state index >= 15 is 0 Å². The number of carbonyl (C=O) groups excluding carboxylic acids is 1. The van der Waals surface area contributed by atoms with Crippen LogP contribution in [0.3, 0.4) is 0 Å². The Morgan fingerprint density at radius 3 is 2.91 bits per heavy atom. The van der Waals surface area contributed by atoms with Gasteiger partial charge in [-0.2, -0.15) is 4.99 Å². The maximum Gasteiger partial charge on any atom is 0.286 e. The average molecular weight is 332 g/mol. The summed E-state index contributed by atoms with van der Waals surface area (Å²) in [6.07, 6.45) is 1.65. The molecule has 0 bridgehead atoms. The molecule has 0 unspecified atom stereocenters. The quantitative estimate of drug-likeness (QED) is 0.658. The standard InChI is InChI=1S/C14H12N4O4S/c1-8-10(18(20)22-17-8)7-21-11-5-3-2-4-9(11)6-12-13(19)16-14(15)23-12/h2-6H,7H2,1H3,(H2,15,16,19)/b12-6+. The molecule has 0 fully saturated rings. The van der Waals surface area contributed by atoms with Crippen molar-refractivity contribution in [3.8, 4) is 5.75 Å². The lowest BCUT2D eigenvalue weighted by atomic mass is 10.2. The molecular weight excluding hydrogens is 320 g/mol. The minimum atomic E-state index is -0.380. The molecule has 0 aliphatic carbocycles. The van der Waals surface area contributed by atoms with Crippen LogP contribution < -0.4 is 15.4 Å². The number of thioether (sulfide) groups is 1. The molecule has 0 atom stereocenters. The zero-order valence-corrected chi connectivity index (χ0v) is 12.9. The Morgan fingerprint density at radius 2 is 2.26 bits per heavy atom. The summed E-state index contributed by atoms with van der Waals surface area (Å²) in [4.78, 5) is 16.0. The van der Waals surface area contributed by atoms with Gasteiger partial charge in [0.25, 0.3) is 5.91 Å². The van der Waals surface area contributed by atoms with Crippen LogP contribution >= 0.6 is 11.8 Å². The van der Waals surface area contributed by atoms with Crippen molar-refractivity contribution < 1.29 is 19.1 Å². The maximum absolute atomic E-state index is 11.7. The van der Waals surface area contributed by atoms with Gasteiger partial charge >= 0.3 is 0 Å². The molecule has 2 aromatic rings. The number of para-hydroxylation sites is 1. The first-order valence-electron chi connectivity index (χ1n) is 6.59. The predicted molar refractivity (Wildman–Crippen MR) is 83.2 cm³/mol. The van der Waals surface area contributed by atoms with Crippen LogP contribution in [0.25, 0.3) is 6.08 Å². The van der Waals surface area contributed by atoms with Gasteiger partial charge in [0.1, 0.15) is 5.75 Å². The lowest BCUT2D eigenvalue weighted by Gasteiger charge is -2.08. The number of aryl methyl sites for hydroxylation is 1. The van der Waals surface area contributed by atoms with E-state index in [0.29, 0.717) is 26.8 Å². The monoisotopic (exact) mass is 332 g/mol. The molecule has 1 aliphatic heterocycles. The highest BCUT2D eigenvalue weighted by atomic mass is 32.2. The highest BCUT2D eigenvalue weighted by molar-refractivity contribution is 8.18. The first-order chi connectivity index (χ1) is 11.0. The molecule has 1 amide bonds. The van der Waals surface area contributed by atoms with Gasteiger partial charge in [-0.15, -0.1) is 0 Å². The second-order valence-corrected chi connectivity index (χ2v) is 5.72. The Balaban J connectivity index is 1.82. The van der Waals surface area contributed by atoms with E-state index in [2.05, 4.69) is 14.8 Å². The molecule has 8 nitrogen and oxygen atoms in total. The summed E-state index contributed by atoms with van der Waals surface area (Å²) in [7, 11) is 0.